The summed E-state index contributed by atoms with van der Waals surface area (Å²) in [5.41, 5.74) is 3.94. The van der Waals surface area contributed by atoms with E-state index in [0.29, 0.717) is 11.4 Å². The molecule has 0 aliphatic rings. The summed E-state index contributed by atoms with van der Waals surface area (Å²) in [6, 6.07) is 9.26. The molecule has 0 unspecified atom stereocenters. The maximum Gasteiger partial charge on any atom is 0.412 e. The number of ether oxygens (including phenoxy) is 1. The topological polar surface area (TPSA) is 139 Å². The number of benzene rings is 1. The molecule has 2 aromatic rings. The highest BCUT2D eigenvalue weighted by Gasteiger charge is 2.17. The molecule has 1 aromatic carbocycles. The summed E-state index contributed by atoms with van der Waals surface area (Å²) in [5, 5.41) is 4.85. The molecule has 0 saturated heterocycles. The molecule has 0 bridgehead atoms. The van der Waals surface area contributed by atoms with Crippen LogP contribution in [0.5, 0.6) is 0 Å². The first-order valence-electron chi connectivity index (χ1n) is 8.65. The van der Waals surface area contributed by atoms with Gasteiger partial charge in [-0.1, -0.05) is 6.07 Å². The lowest BCUT2D eigenvalue weighted by Crippen LogP contribution is -2.48. The smallest absolute Gasteiger partial charge is 0.412 e. The zero-order valence-corrected chi connectivity index (χ0v) is 16.2. The van der Waals surface area contributed by atoms with Crippen molar-refractivity contribution in [2.75, 3.05) is 5.32 Å². The van der Waals surface area contributed by atoms with Gasteiger partial charge in [0.2, 0.25) is 0 Å². The minimum atomic E-state index is -1.05. The number of hydrogen-bond donors (Lipinski definition) is 4. The van der Waals surface area contributed by atoms with Crippen LogP contribution in [0.4, 0.5) is 10.5 Å². The van der Waals surface area contributed by atoms with Gasteiger partial charge in [0.05, 0.1) is 12.8 Å². The normalized spacial score (nSPS) is 10.6. The van der Waals surface area contributed by atoms with Gasteiger partial charge in [-0.2, -0.15) is 0 Å². The molecule has 0 aliphatic carbocycles. The first kappa shape index (κ1) is 21.5. The summed E-state index contributed by atoms with van der Waals surface area (Å²) in [6.07, 6.45) is 0.768. The Morgan fingerprint density at radius 1 is 1.00 bits per heavy atom. The average Bonchev–Trinajstić information content (AvgIpc) is 3.16. The summed E-state index contributed by atoms with van der Waals surface area (Å²) < 4.78 is 10.2. The number of nitrogens with one attached hydrogen (secondary N) is 4. The van der Waals surface area contributed by atoms with Crippen molar-refractivity contribution in [2.45, 2.75) is 32.9 Å². The van der Waals surface area contributed by atoms with E-state index in [0.717, 1.165) is 0 Å². The molecule has 10 nitrogen and oxygen atoms in total. The van der Waals surface area contributed by atoms with Gasteiger partial charge < -0.3 is 14.5 Å². The summed E-state index contributed by atoms with van der Waals surface area (Å²) in [7, 11) is 0. The van der Waals surface area contributed by atoms with E-state index in [1.807, 2.05) is 5.43 Å². The van der Waals surface area contributed by atoms with E-state index in [4.69, 9.17) is 9.15 Å². The third-order valence-corrected chi connectivity index (χ3v) is 3.27. The standard InChI is InChI=1S/C19H22N4O6/c1-19(2,3)29-18(27)21-13-7-4-6-12(10-13)15(24)22-23-17(26)16(25)20-11-14-8-5-9-28-14/h4-10H,11H2,1-3H3,(H,20,25)(H,21,27)(H,22,24)(H,23,26). The molecule has 1 aromatic heterocycles. The Balaban J connectivity index is 1.84. The highest BCUT2D eigenvalue weighted by atomic mass is 16.6. The number of rotatable bonds is 4. The molecule has 0 radical (unpaired) electrons. The van der Waals surface area contributed by atoms with Crippen molar-refractivity contribution in [1.82, 2.24) is 16.2 Å². The average molecular weight is 402 g/mol. The summed E-state index contributed by atoms with van der Waals surface area (Å²) in [6.45, 7) is 5.21. The Kier molecular flexibility index (Phi) is 6.96. The number of hydrogen-bond acceptors (Lipinski definition) is 6. The van der Waals surface area contributed by atoms with Crippen LogP contribution in [-0.2, 0) is 20.9 Å². The lowest BCUT2D eigenvalue weighted by atomic mass is 10.2. The van der Waals surface area contributed by atoms with Crippen molar-refractivity contribution in [2.24, 2.45) is 0 Å². The van der Waals surface area contributed by atoms with Crippen molar-refractivity contribution in [3.8, 4) is 0 Å². The van der Waals surface area contributed by atoms with E-state index in [1.165, 1.54) is 18.4 Å². The number of furan rings is 1. The highest BCUT2D eigenvalue weighted by molar-refractivity contribution is 6.35. The van der Waals surface area contributed by atoms with Crippen LogP contribution < -0.4 is 21.5 Å². The van der Waals surface area contributed by atoms with Crippen LogP contribution in [-0.4, -0.2) is 29.4 Å². The van der Waals surface area contributed by atoms with Crippen LogP contribution in [0.15, 0.2) is 47.1 Å². The molecule has 0 saturated carbocycles. The molecule has 2 rings (SSSR count). The van der Waals surface area contributed by atoms with Crippen LogP contribution in [0.25, 0.3) is 0 Å². The lowest BCUT2D eigenvalue weighted by molar-refractivity contribution is -0.139. The van der Waals surface area contributed by atoms with Crippen LogP contribution in [0.3, 0.4) is 0 Å². The van der Waals surface area contributed by atoms with Crippen LogP contribution >= 0.6 is 0 Å². The van der Waals surface area contributed by atoms with E-state index in [1.54, 1.807) is 45.0 Å². The van der Waals surface area contributed by atoms with Gasteiger partial charge in [0.15, 0.2) is 0 Å². The first-order valence-corrected chi connectivity index (χ1v) is 8.65. The largest absolute Gasteiger partial charge is 0.467 e. The Bertz CT molecular complexity index is 886. The van der Waals surface area contributed by atoms with Gasteiger partial charge in [-0.15, -0.1) is 0 Å². The predicted octanol–water partition coefficient (Wildman–Crippen LogP) is 1.70. The number of anilines is 1. The molecular weight excluding hydrogens is 380 g/mol. The van der Waals surface area contributed by atoms with Crippen molar-refractivity contribution in [1.29, 1.82) is 0 Å². The molecule has 4 amide bonds. The van der Waals surface area contributed by atoms with E-state index in [-0.39, 0.29) is 12.1 Å². The molecule has 1 heterocycles. The number of carbonyl (C=O) groups is 4. The molecule has 154 valence electrons. The van der Waals surface area contributed by atoms with Crippen molar-refractivity contribution in [3.63, 3.8) is 0 Å². The molecule has 0 spiro atoms. The van der Waals surface area contributed by atoms with Crippen LogP contribution in [0.1, 0.15) is 36.9 Å². The monoisotopic (exact) mass is 402 g/mol. The number of hydrazine groups is 1. The zero-order chi connectivity index (χ0) is 21.4. The number of carbonyl (C=O) groups excluding carboxylic acids is 4. The first-order chi connectivity index (χ1) is 13.6. The van der Waals surface area contributed by atoms with E-state index >= 15 is 0 Å². The molecule has 10 heteroatoms. The minimum absolute atomic E-state index is 0.0333. The maximum absolute atomic E-state index is 12.2. The fourth-order valence-electron chi connectivity index (χ4n) is 2.06. The third kappa shape index (κ3) is 7.37. The molecule has 0 aliphatic heterocycles. The van der Waals surface area contributed by atoms with Gasteiger partial charge in [-0.05, 0) is 51.1 Å². The number of amides is 4. The van der Waals surface area contributed by atoms with Gasteiger partial charge >= 0.3 is 17.9 Å². The SMILES string of the molecule is CC(C)(C)OC(=O)Nc1cccc(C(=O)NNC(=O)C(=O)NCc2ccco2)c1. The summed E-state index contributed by atoms with van der Waals surface area (Å²) in [4.78, 5) is 47.4. The van der Waals surface area contributed by atoms with Gasteiger partial charge in [-0.25, -0.2) is 4.79 Å². The van der Waals surface area contributed by atoms with E-state index < -0.39 is 29.4 Å². The second-order valence-electron chi connectivity index (χ2n) is 6.88. The minimum Gasteiger partial charge on any atom is -0.467 e. The maximum atomic E-state index is 12.2. The Labute approximate surface area is 166 Å². The van der Waals surface area contributed by atoms with Gasteiger partial charge in [0.1, 0.15) is 11.4 Å². The predicted molar refractivity (Wildman–Crippen MR) is 102 cm³/mol. The Hall–Kier alpha value is -3.82. The second kappa shape index (κ2) is 9.40. The van der Waals surface area contributed by atoms with Crippen molar-refractivity contribution >= 4 is 29.5 Å². The molecule has 4 N–H and O–H groups in total. The van der Waals surface area contributed by atoms with Gasteiger partial charge in [-0.3, -0.25) is 30.6 Å². The molecule has 0 atom stereocenters. The van der Waals surface area contributed by atoms with Crippen LogP contribution in [0.2, 0.25) is 0 Å². The molecule has 29 heavy (non-hydrogen) atoms. The zero-order valence-electron chi connectivity index (χ0n) is 16.2. The Morgan fingerprint density at radius 3 is 2.41 bits per heavy atom. The quantitative estimate of drug-likeness (QED) is 0.454. The summed E-state index contributed by atoms with van der Waals surface area (Å²) in [5.74, 6) is -2.19. The van der Waals surface area contributed by atoms with Crippen LogP contribution in [0, 0.1) is 0 Å². The Morgan fingerprint density at radius 2 is 1.76 bits per heavy atom. The highest BCUT2D eigenvalue weighted by Crippen LogP contribution is 2.13. The second-order valence-corrected chi connectivity index (χ2v) is 6.88. The van der Waals surface area contributed by atoms with Gasteiger partial charge in [0.25, 0.3) is 5.91 Å². The lowest BCUT2D eigenvalue weighted by Gasteiger charge is -2.19. The van der Waals surface area contributed by atoms with E-state index in [9.17, 15) is 19.2 Å². The van der Waals surface area contributed by atoms with Crippen molar-refractivity contribution < 1.29 is 28.3 Å². The summed E-state index contributed by atoms with van der Waals surface area (Å²) >= 11 is 0. The van der Waals surface area contributed by atoms with Gasteiger partial charge in [0, 0.05) is 11.3 Å². The van der Waals surface area contributed by atoms with E-state index in [2.05, 4.69) is 16.1 Å². The fraction of sp³-hybridized carbons (Fsp3) is 0.263. The molecule has 0 fully saturated rings. The fourth-order valence-corrected chi connectivity index (χ4v) is 2.06. The third-order valence-electron chi connectivity index (χ3n) is 3.27. The molecular formula is C19H22N4O6. The van der Waals surface area contributed by atoms with Crippen molar-refractivity contribution in [3.05, 3.63) is 54.0 Å².